The quantitative estimate of drug-likeness (QED) is 0.748. The summed E-state index contributed by atoms with van der Waals surface area (Å²) in [6.45, 7) is 5.94. The third kappa shape index (κ3) is 2.81. The highest BCUT2D eigenvalue weighted by atomic mass is 79.9. The minimum absolute atomic E-state index is 0.302. The Hall–Kier alpha value is -1.99. The fraction of sp³-hybridized carbons (Fsp3) is 0.389. The number of carbonyl (C=O) groups excluding carboxylic acids is 2. The van der Waals surface area contributed by atoms with Gasteiger partial charge in [-0.25, -0.2) is 0 Å². The van der Waals surface area contributed by atoms with Crippen LogP contribution in [0.3, 0.4) is 0 Å². The van der Waals surface area contributed by atoms with Gasteiger partial charge >= 0.3 is 0 Å². The predicted molar refractivity (Wildman–Crippen MR) is 97.7 cm³/mol. The van der Waals surface area contributed by atoms with Gasteiger partial charge < -0.3 is 10.0 Å². The second-order valence-electron chi connectivity index (χ2n) is 6.39. The topological polar surface area (TPSA) is 86.3 Å². The molecule has 1 aromatic carbocycles. The molecule has 1 aliphatic rings. The zero-order valence-electron chi connectivity index (χ0n) is 14.4. The zero-order valence-corrected chi connectivity index (χ0v) is 16.0. The lowest BCUT2D eigenvalue weighted by molar-refractivity contribution is -0.135. The van der Waals surface area contributed by atoms with E-state index in [-0.39, 0.29) is 12.2 Å². The van der Waals surface area contributed by atoms with Crippen molar-refractivity contribution in [3.63, 3.8) is 0 Å². The van der Waals surface area contributed by atoms with Crippen LogP contribution in [0.15, 0.2) is 22.7 Å². The Labute approximate surface area is 154 Å². The minimum Gasteiger partial charge on any atom is -0.375 e. The van der Waals surface area contributed by atoms with Gasteiger partial charge in [-0.05, 0) is 38.5 Å². The molecule has 1 amide bonds. The molecule has 0 bridgehead atoms. The average Bonchev–Trinajstić information content (AvgIpc) is 2.99. The maximum atomic E-state index is 12.9. The van der Waals surface area contributed by atoms with E-state index in [0.29, 0.717) is 34.7 Å². The molecule has 0 saturated heterocycles. The van der Waals surface area contributed by atoms with E-state index in [1.165, 1.54) is 0 Å². The van der Waals surface area contributed by atoms with Gasteiger partial charge in [0, 0.05) is 22.3 Å². The molecule has 0 spiro atoms. The maximum absolute atomic E-state index is 12.9. The number of halogens is 1. The molecule has 25 heavy (non-hydrogen) atoms. The van der Waals surface area contributed by atoms with Gasteiger partial charge in [-0.15, -0.1) is 0 Å². The number of aromatic nitrogens is 2. The lowest BCUT2D eigenvalue weighted by Crippen LogP contribution is -2.42. The lowest BCUT2D eigenvalue weighted by Gasteiger charge is -2.22. The van der Waals surface area contributed by atoms with E-state index in [2.05, 4.69) is 26.1 Å². The van der Waals surface area contributed by atoms with Crippen molar-refractivity contribution in [2.45, 2.75) is 39.2 Å². The number of aryl methyl sites for hydroxylation is 2. The molecule has 132 valence electrons. The standard InChI is InChI=1S/C18H20BrN3O3/c1-4-7-22-14-6-5-12(19)8-13(14)18(25,17(22)24)9-15(23)16-10(2)20-21-11(16)3/h5-6,8,25H,4,7,9H2,1-3H3,(H,20,21)/t18-/m1/s1. The molecule has 6 nitrogen and oxygen atoms in total. The first-order valence-corrected chi connectivity index (χ1v) is 8.98. The van der Waals surface area contributed by atoms with Crippen molar-refractivity contribution < 1.29 is 14.7 Å². The Kier molecular flexibility index (Phi) is 4.55. The Balaban J connectivity index is 2.04. The van der Waals surface area contributed by atoms with E-state index in [1.807, 2.05) is 13.0 Å². The number of Topliss-reactive ketones (excluding diaryl/α,β-unsaturated/α-hetero) is 1. The first-order chi connectivity index (χ1) is 11.8. The Morgan fingerprint density at radius 2 is 2.12 bits per heavy atom. The molecule has 1 aromatic heterocycles. The molecule has 0 unspecified atom stereocenters. The maximum Gasteiger partial charge on any atom is 0.264 e. The highest BCUT2D eigenvalue weighted by Gasteiger charge is 2.51. The summed E-state index contributed by atoms with van der Waals surface area (Å²) in [5.74, 6) is -0.751. The molecular formula is C18H20BrN3O3. The SMILES string of the molecule is CCCN1C(=O)[C@@](O)(CC(=O)c2c(C)n[nH]c2C)c2cc(Br)ccc21. The van der Waals surface area contributed by atoms with E-state index < -0.39 is 11.5 Å². The van der Waals surface area contributed by atoms with Gasteiger partial charge in [0.25, 0.3) is 5.91 Å². The molecule has 3 rings (SSSR count). The smallest absolute Gasteiger partial charge is 0.264 e. The van der Waals surface area contributed by atoms with Crippen LogP contribution in [0, 0.1) is 13.8 Å². The number of anilines is 1. The molecule has 7 heteroatoms. The van der Waals surface area contributed by atoms with Gasteiger partial charge in [-0.3, -0.25) is 14.7 Å². The first-order valence-electron chi connectivity index (χ1n) is 8.18. The average molecular weight is 406 g/mol. The highest BCUT2D eigenvalue weighted by Crippen LogP contribution is 2.44. The molecule has 0 aliphatic carbocycles. The van der Waals surface area contributed by atoms with E-state index in [0.717, 1.165) is 10.9 Å². The van der Waals surface area contributed by atoms with Gasteiger partial charge in [0.05, 0.1) is 23.4 Å². The second kappa shape index (κ2) is 6.38. The largest absolute Gasteiger partial charge is 0.375 e. The van der Waals surface area contributed by atoms with Crippen LogP contribution in [-0.2, 0) is 10.4 Å². The number of H-pyrrole nitrogens is 1. The molecule has 0 saturated carbocycles. The van der Waals surface area contributed by atoms with Crippen molar-refractivity contribution in [2.24, 2.45) is 0 Å². The summed E-state index contributed by atoms with van der Waals surface area (Å²) < 4.78 is 0.749. The zero-order chi connectivity index (χ0) is 18.4. The number of amides is 1. The third-order valence-corrected chi connectivity index (χ3v) is 5.06. The molecular weight excluding hydrogens is 386 g/mol. The molecule has 2 heterocycles. The van der Waals surface area contributed by atoms with Crippen LogP contribution < -0.4 is 4.90 Å². The summed E-state index contributed by atoms with van der Waals surface area (Å²) in [7, 11) is 0. The fourth-order valence-electron chi connectivity index (χ4n) is 3.42. The minimum atomic E-state index is -1.86. The summed E-state index contributed by atoms with van der Waals surface area (Å²) in [6, 6.07) is 5.34. The summed E-state index contributed by atoms with van der Waals surface area (Å²) in [5.41, 5.74) is 0.902. The van der Waals surface area contributed by atoms with Crippen molar-refractivity contribution in [3.05, 3.63) is 45.2 Å². The number of hydrogen-bond donors (Lipinski definition) is 2. The summed E-state index contributed by atoms with van der Waals surface area (Å²) in [4.78, 5) is 27.3. The van der Waals surface area contributed by atoms with Crippen LogP contribution in [0.4, 0.5) is 5.69 Å². The Bertz CT molecular complexity index is 842. The van der Waals surface area contributed by atoms with E-state index in [4.69, 9.17) is 0 Å². The van der Waals surface area contributed by atoms with Gasteiger partial charge in [0.2, 0.25) is 0 Å². The lowest BCUT2D eigenvalue weighted by atomic mass is 9.87. The molecule has 0 fully saturated rings. The number of rotatable bonds is 5. The van der Waals surface area contributed by atoms with Gasteiger partial charge in [0.15, 0.2) is 11.4 Å². The van der Waals surface area contributed by atoms with E-state index in [9.17, 15) is 14.7 Å². The summed E-state index contributed by atoms with van der Waals surface area (Å²) in [5, 5.41) is 18.0. The number of carbonyl (C=O) groups is 2. The molecule has 0 radical (unpaired) electrons. The number of hydrogen-bond acceptors (Lipinski definition) is 4. The monoisotopic (exact) mass is 405 g/mol. The summed E-state index contributed by atoms with van der Waals surface area (Å²) >= 11 is 3.38. The van der Waals surface area contributed by atoms with Crippen molar-refractivity contribution in [3.8, 4) is 0 Å². The van der Waals surface area contributed by atoms with Crippen LogP contribution in [0.5, 0.6) is 0 Å². The number of aliphatic hydroxyl groups is 1. The third-order valence-electron chi connectivity index (χ3n) is 4.56. The van der Waals surface area contributed by atoms with Crippen LogP contribution in [0.1, 0.15) is 47.1 Å². The first kappa shape index (κ1) is 17.8. The number of ketones is 1. The molecule has 1 aliphatic heterocycles. The number of benzene rings is 1. The second-order valence-corrected chi connectivity index (χ2v) is 7.30. The fourth-order valence-corrected chi connectivity index (χ4v) is 3.78. The molecule has 2 N–H and O–H groups in total. The Morgan fingerprint density at radius 3 is 2.72 bits per heavy atom. The molecule has 1 atom stereocenters. The highest BCUT2D eigenvalue weighted by molar-refractivity contribution is 9.10. The van der Waals surface area contributed by atoms with Crippen molar-refractivity contribution in [2.75, 3.05) is 11.4 Å². The Morgan fingerprint density at radius 1 is 1.40 bits per heavy atom. The van der Waals surface area contributed by atoms with Crippen LogP contribution in [-0.4, -0.2) is 33.5 Å². The van der Waals surface area contributed by atoms with E-state index >= 15 is 0 Å². The number of nitrogens with one attached hydrogen (secondary N) is 1. The van der Waals surface area contributed by atoms with E-state index in [1.54, 1.807) is 30.9 Å². The predicted octanol–water partition coefficient (Wildman–Crippen LogP) is 3.01. The van der Waals surface area contributed by atoms with Gasteiger partial charge in [-0.1, -0.05) is 22.9 Å². The van der Waals surface area contributed by atoms with Crippen LogP contribution >= 0.6 is 15.9 Å². The van der Waals surface area contributed by atoms with Crippen LogP contribution in [0.2, 0.25) is 0 Å². The number of nitrogens with zero attached hydrogens (tertiary/aromatic N) is 2. The van der Waals surface area contributed by atoms with Gasteiger partial charge in [-0.2, -0.15) is 5.10 Å². The van der Waals surface area contributed by atoms with Crippen LogP contribution in [0.25, 0.3) is 0 Å². The van der Waals surface area contributed by atoms with Crippen molar-refractivity contribution in [1.82, 2.24) is 10.2 Å². The number of fused-ring (bicyclic) bond motifs is 1. The number of aromatic amines is 1. The summed E-state index contributed by atoms with van der Waals surface area (Å²) in [6.07, 6.45) is 0.446. The van der Waals surface area contributed by atoms with Gasteiger partial charge in [0.1, 0.15) is 0 Å². The molecule has 2 aromatic rings. The van der Waals surface area contributed by atoms with Crippen molar-refractivity contribution >= 4 is 33.3 Å². The van der Waals surface area contributed by atoms with Crippen molar-refractivity contribution in [1.29, 1.82) is 0 Å². The normalized spacial score (nSPS) is 19.4.